The number of amides is 3. The minimum absolute atomic E-state index is 0.0611. The van der Waals surface area contributed by atoms with Gasteiger partial charge < -0.3 is 20.3 Å². The maximum absolute atomic E-state index is 13.4. The standard InChI is InChI=1S/C27H33N3O4/c1-34-22-12-10-21(11-13-22)27(14-15-27)26(33)29-19-25(32)30-17-7-3-6-16-28-24(31)18-23(30)20-8-4-2-5-9-20/h2,4-5,8-13,23H,3,6-7,14-19H2,1H3,(H,28,31)(H,29,33). The van der Waals surface area contributed by atoms with Crippen molar-refractivity contribution in [3.63, 3.8) is 0 Å². The summed E-state index contributed by atoms with van der Waals surface area (Å²) in [7, 11) is 1.61. The van der Waals surface area contributed by atoms with Gasteiger partial charge in [0.1, 0.15) is 5.75 Å². The highest BCUT2D eigenvalue weighted by Crippen LogP contribution is 2.48. The zero-order valence-corrected chi connectivity index (χ0v) is 19.7. The summed E-state index contributed by atoms with van der Waals surface area (Å²) in [6.07, 6.45) is 4.41. The monoisotopic (exact) mass is 463 g/mol. The van der Waals surface area contributed by atoms with E-state index < -0.39 is 5.41 Å². The summed E-state index contributed by atoms with van der Waals surface area (Å²) in [4.78, 5) is 40.8. The molecule has 7 heteroatoms. The summed E-state index contributed by atoms with van der Waals surface area (Å²) in [6, 6.07) is 16.8. The Morgan fingerprint density at radius 1 is 1.06 bits per heavy atom. The molecule has 1 saturated heterocycles. The quantitative estimate of drug-likeness (QED) is 0.689. The zero-order valence-electron chi connectivity index (χ0n) is 19.7. The molecule has 2 N–H and O–H groups in total. The molecule has 0 radical (unpaired) electrons. The van der Waals surface area contributed by atoms with Gasteiger partial charge in [0.15, 0.2) is 0 Å². The third-order valence-electron chi connectivity index (χ3n) is 6.89. The molecular formula is C27H33N3O4. The molecule has 1 aliphatic carbocycles. The molecule has 180 valence electrons. The molecule has 34 heavy (non-hydrogen) atoms. The van der Waals surface area contributed by atoms with Crippen LogP contribution in [0.4, 0.5) is 0 Å². The van der Waals surface area contributed by atoms with Crippen LogP contribution in [-0.2, 0) is 19.8 Å². The van der Waals surface area contributed by atoms with Crippen molar-refractivity contribution < 1.29 is 19.1 Å². The molecule has 1 saturated carbocycles. The van der Waals surface area contributed by atoms with Crippen molar-refractivity contribution in [3.8, 4) is 5.75 Å². The number of nitrogens with one attached hydrogen (secondary N) is 2. The third kappa shape index (κ3) is 5.41. The average molecular weight is 464 g/mol. The second kappa shape index (κ2) is 10.7. The predicted octanol–water partition coefficient (Wildman–Crippen LogP) is 3.10. The SMILES string of the molecule is COc1ccc(C2(C(=O)NCC(=O)N3CCCCCNC(=O)CC3c3ccccc3)CC2)cc1. The summed E-state index contributed by atoms with van der Waals surface area (Å²) in [6.45, 7) is 1.14. The Hall–Kier alpha value is -3.35. The summed E-state index contributed by atoms with van der Waals surface area (Å²) < 4.78 is 5.22. The average Bonchev–Trinajstić information content (AvgIpc) is 3.68. The molecule has 2 fully saturated rings. The maximum atomic E-state index is 13.4. The summed E-state index contributed by atoms with van der Waals surface area (Å²) in [5, 5.41) is 5.86. The van der Waals surface area contributed by atoms with Crippen molar-refractivity contribution in [2.24, 2.45) is 0 Å². The fraction of sp³-hybridized carbons (Fsp3) is 0.444. The van der Waals surface area contributed by atoms with Gasteiger partial charge in [-0.3, -0.25) is 14.4 Å². The highest BCUT2D eigenvalue weighted by Gasteiger charge is 2.51. The summed E-state index contributed by atoms with van der Waals surface area (Å²) in [5.41, 5.74) is 1.29. The molecule has 7 nitrogen and oxygen atoms in total. The van der Waals surface area contributed by atoms with Gasteiger partial charge in [0.05, 0.1) is 31.5 Å². The third-order valence-corrected chi connectivity index (χ3v) is 6.89. The van der Waals surface area contributed by atoms with Crippen molar-refractivity contribution in [1.29, 1.82) is 0 Å². The number of carbonyl (C=O) groups excluding carboxylic acids is 3. The minimum atomic E-state index is -0.572. The van der Waals surface area contributed by atoms with Gasteiger partial charge >= 0.3 is 0 Å². The number of hydrogen-bond acceptors (Lipinski definition) is 4. The number of hydrogen-bond donors (Lipinski definition) is 2. The van der Waals surface area contributed by atoms with Gasteiger partial charge in [0.25, 0.3) is 0 Å². The van der Waals surface area contributed by atoms with Crippen LogP contribution in [0.25, 0.3) is 0 Å². The molecule has 2 aromatic rings. The molecule has 0 aromatic heterocycles. The number of methoxy groups -OCH3 is 1. The molecule has 0 spiro atoms. The smallest absolute Gasteiger partial charge is 0.242 e. The van der Waals surface area contributed by atoms with Crippen LogP contribution in [0.15, 0.2) is 54.6 Å². The Kier molecular flexibility index (Phi) is 7.50. The van der Waals surface area contributed by atoms with Crippen molar-refractivity contribution in [2.75, 3.05) is 26.7 Å². The highest BCUT2D eigenvalue weighted by atomic mass is 16.5. The topological polar surface area (TPSA) is 87.7 Å². The molecule has 1 unspecified atom stereocenters. The first-order valence-electron chi connectivity index (χ1n) is 12.1. The van der Waals surface area contributed by atoms with Gasteiger partial charge in [-0.05, 0) is 55.4 Å². The molecule has 4 rings (SSSR count). The van der Waals surface area contributed by atoms with Crippen molar-refractivity contribution >= 4 is 17.7 Å². The first-order chi connectivity index (χ1) is 16.5. The second-order valence-electron chi connectivity index (χ2n) is 9.12. The number of benzene rings is 2. The van der Waals surface area contributed by atoms with Crippen molar-refractivity contribution in [3.05, 3.63) is 65.7 Å². The van der Waals surface area contributed by atoms with Crippen LogP contribution in [0.2, 0.25) is 0 Å². The summed E-state index contributed by atoms with van der Waals surface area (Å²) in [5.74, 6) is 0.395. The fourth-order valence-electron chi connectivity index (χ4n) is 4.71. The lowest BCUT2D eigenvalue weighted by atomic mass is 9.95. The largest absolute Gasteiger partial charge is 0.497 e. The predicted molar refractivity (Wildman–Crippen MR) is 129 cm³/mol. The van der Waals surface area contributed by atoms with E-state index in [1.54, 1.807) is 12.0 Å². The van der Waals surface area contributed by atoms with Crippen LogP contribution in [0.1, 0.15) is 55.7 Å². The first kappa shape index (κ1) is 23.8. The van der Waals surface area contributed by atoms with E-state index in [4.69, 9.17) is 4.74 Å². The van der Waals surface area contributed by atoms with E-state index in [-0.39, 0.29) is 36.7 Å². The van der Waals surface area contributed by atoms with Gasteiger partial charge in [0, 0.05) is 13.1 Å². The molecular weight excluding hydrogens is 430 g/mol. The second-order valence-corrected chi connectivity index (χ2v) is 9.12. The zero-order chi connectivity index (χ0) is 24.0. The molecule has 2 aliphatic rings. The van der Waals surface area contributed by atoms with E-state index in [1.165, 1.54) is 0 Å². The minimum Gasteiger partial charge on any atom is -0.497 e. The van der Waals surface area contributed by atoms with Gasteiger partial charge in [-0.2, -0.15) is 0 Å². The number of ether oxygens (including phenoxy) is 1. The Balaban J connectivity index is 1.47. The lowest BCUT2D eigenvalue weighted by Gasteiger charge is -2.33. The summed E-state index contributed by atoms with van der Waals surface area (Å²) >= 11 is 0. The van der Waals surface area contributed by atoms with Gasteiger partial charge in [-0.15, -0.1) is 0 Å². The lowest BCUT2D eigenvalue weighted by Crippen LogP contribution is -2.46. The Bertz CT molecular complexity index is 1000. The van der Waals surface area contributed by atoms with Gasteiger partial charge in [-0.25, -0.2) is 0 Å². The van der Waals surface area contributed by atoms with Gasteiger partial charge in [0.2, 0.25) is 17.7 Å². The highest BCUT2D eigenvalue weighted by molar-refractivity contribution is 5.94. The van der Waals surface area contributed by atoms with E-state index in [0.29, 0.717) is 13.1 Å². The molecule has 1 atom stereocenters. The van der Waals surface area contributed by atoms with Gasteiger partial charge in [-0.1, -0.05) is 42.5 Å². The van der Waals surface area contributed by atoms with E-state index in [9.17, 15) is 14.4 Å². The van der Waals surface area contributed by atoms with Crippen LogP contribution < -0.4 is 15.4 Å². The Morgan fingerprint density at radius 2 is 1.79 bits per heavy atom. The van der Waals surface area contributed by atoms with Crippen LogP contribution in [0.5, 0.6) is 5.75 Å². The van der Waals surface area contributed by atoms with Crippen LogP contribution >= 0.6 is 0 Å². The van der Waals surface area contributed by atoms with Crippen molar-refractivity contribution in [1.82, 2.24) is 15.5 Å². The van der Waals surface area contributed by atoms with Crippen molar-refractivity contribution in [2.45, 2.75) is 50.0 Å². The fourth-order valence-corrected chi connectivity index (χ4v) is 4.71. The Labute approximate surface area is 200 Å². The molecule has 3 amide bonds. The Morgan fingerprint density at radius 3 is 2.47 bits per heavy atom. The first-order valence-corrected chi connectivity index (χ1v) is 12.1. The molecule has 2 aromatic carbocycles. The normalized spacial score (nSPS) is 20.1. The van der Waals surface area contributed by atoms with E-state index in [2.05, 4.69) is 10.6 Å². The lowest BCUT2D eigenvalue weighted by molar-refractivity contribution is -0.136. The maximum Gasteiger partial charge on any atom is 0.242 e. The number of nitrogens with zero attached hydrogens (tertiary/aromatic N) is 1. The van der Waals surface area contributed by atoms with E-state index in [0.717, 1.165) is 49.0 Å². The number of rotatable bonds is 6. The molecule has 1 aliphatic heterocycles. The number of carbonyl (C=O) groups is 3. The van der Waals surface area contributed by atoms with E-state index >= 15 is 0 Å². The van der Waals surface area contributed by atoms with Crippen LogP contribution in [0.3, 0.4) is 0 Å². The molecule has 0 bridgehead atoms. The van der Waals surface area contributed by atoms with Crippen LogP contribution in [-0.4, -0.2) is 49.4 Å². The molecule has 1 heterocycles. The van der Waals surface area contributed by atoms with E-state index in [1.807, 2.05) is 54.6 Å². The van der Waals surface area contributed by atoms with Crippen LogP contribution in [0, 0.1) is 0 Å².